The quantitative estimate of drug-likeness (QED) is 0.615. The first-order valence-corrected chi connectivity index (χ1v) is 12.8. The van der Waals surface area contributed by atoms with Gasteiger partial charge in [-0.15, -0.1) is 0 Å². The van der Waals surface area contributed by atoms with Crippen LogP contribution in [0.5, 0.6) is 0 Å². The Morgan fingerprint density at radius 2 is 1.76 bits per heavy atom. The number of hydrogen-bond donors (Lipinski definition) is 1. The molecule has 0 heterocycles. The van der Waals surface area contributed by atoms with E-state index in [-0.39, 0.29) is 53.9 Å². The molecule has 0 aromatic rings. The number of aliphatic hydroxyl groups is 1. The van der Waals surface area contributed by atoms with E-state index in [0.29, 0.717) is 43.3 Å². The molecule has 0 bridgehead atoms. The molecule has 0 amide bonds. The predicted molar refractivity (Wildman–Crippen MR) is 127 cm³/mol. The van der Waals surface area contributed by atoms with Gasteiger partial charge in [0.25, 0.3) is 0 Å². The molecule has 0 spiro atoms. The molecule has 4 rings (SSSR count). The summed E-state index contributed by atoms with van der Waals surface area (Å²) in [4.78, 5) is 52.3. The number of carbonyl (C=O) groups is 4. The van der Waals surface area contributed by atoms with Gasteiger partial charge in [-0.1, -0.05) is 34.6 Å². The third-order valence-corrected chi connectivity index (χ3v) is 10.9. The summed E-state index contributed by atoms with van der Waals surface area (Å²) in [6.45, 7) is 12.0. The van der Waals surface area contributed by atoms with E-state index >= 15 is 0 Å². The number of ketones is 3. The highest BCUT2D eigenvalue weighted by Gasteiger charge is 2.70. The molecule has 4 aliphatic rings. The standard InChI is InChI=1S/C28H40O6/c1-15(8-9-22(33)34-7)16-12-21(32)28(6)24-17(29)13-19-25(2,3)20(31)10-11-26(19,4)23(24)18(30)14-27(16,28)5/h15-17,19,29H,8-14H2,1-7H3/t15-,16-,17+,19-,26+,27-,28+/m1/s1. The topological polar surface area (TPSA) is 97.7 Å². The monoisotopic (exact) mass is 472 g/mol. The lowest BCUT2D eigenvalue weighted by atomic mass is 9.42. The first kappa shape index (κ1) is 25.3. The minimum Gasteiger partial charge on any atom is -0.469 e. The van der Waals surface area contributed by atoms with Crippen molar-refractivity contribution in [2.45, 2.75) is 92.6 Å². The van der Waals surface area contributed by atoms with Crippen LogP contribution < -0.4 is 0 Å². The lowest BCUT2D eigenvalue weighted by Crippen LogP contribution is -2.60. The van der Waals surface area contributed by atoms with Crippen LogP contribution in [0.15, 0.2) is 11.1 Å². The summed E-state index contributed by atoms with van der Waals surface area (Å²) < 4.78 is 4.80. The SMILES string of the molecule is COC(=O)CC[C@@H](C)[C@H]1CC(=O)[C@@]2(C)C3=C(C(=O)C[C@]12C)[C@@]1(C)CCC(=O)C(C)(C)[C@H]1C[C@@H]3O. The lowest BCUT2D eigenvalue weighted by molar-refractivity contribution is -0.147. The Hall–Kier alpha value is -1.82. The molecule has 0 aromatic carbocycles. The van der Waals surface area contributed by atoms with Crippen LogP contribution in [-0.2, 0) is 23.9 Å². The average molecular weight is 473 g/mol. The number of aliphatic hydroxyl groups excluding tert-OH is 1. The average Bonchev–Trinajstić information content (AvgIpc) is 2.97. The maximum absolute atomic E-state index is 14.0. The first-order valence-electron chi connectivity index (χ1n) is 12.8. The smallest absolute Gasteiger partial charge is 0.305 e. The van der Waals surface area contributed by atoms with Crippen molar-refractivity contribution in [1.82, 2.24) is 0 Å². The van der Waals surface area contributed by atoms with E-state index in [9.17, 15) is 24.3 Å². The number of Topliss-reactive ketones (excluding diaryl/α,β-unsaturated/α-hetero) is 3. The fourth-order valence-corrected chi connectivity index (χ4v) is 8.57. The molecule has 0 unspecified atom stereocenters. The summed E-state index contributed by atoms with van der Waals surface area (Å²) in [6, 6.07) is 0. The van der Waals surface area contributed by atoms with Crippen molar-refractivity contribution < 1.29 is 29.0 Å². The van der Waals surface area contributed by atoms with E-state index in [1.54, 1.807) is 0 Å². The van der Waals surface area contributed by atoms with Gasteiger partial charge in [-0.05, 0) is 54.9 Å². The number of ether oxygens (including phenoxy) is 1. The van der Waals surface area contributed by atoms with Crippen LogP contribution in [0, 0.1) is 39.4 Å². The van der Waals surface area contributed by atoms with E-state index in [2.05, 4.69) is 13.8 Å². The second-order valence-electron chi connectivity index (χ2n) is 12.6. The van der Waals surface area contributed by atoms with E-state index in [1.807, 2.05) is 27.7 Å². The largest absolute Gasteiger partial charge is 0.469 e. The maximum atomic E-state index is 14.0. The van der Waals surface area contributed by atoms with Gasteiger partial charge in [0.2, 0.25) is 0 Å². The van der Waals surface area contributed by atoms with Crippen molar-refractivity contribution in [1.29, 1.82) is 0 Å². The Morgan fingerprint density at radius 1 is 1.12 bits per heavy atom. The molecule has 2 fully saturated rings. The van der Waals surface area contributed by atoms with Gasteiger partial charge in [0.15, 0.2) is 5.78 Å². The molecular formula is C28H40O6. The first-order chi connectivity index (χ1) is 15.7. The van der Waals surface area contributed by atoms with Crippen molar-refractivity contribution in [3.63, 3.8) is 0 Å². The van der Waals surface area contributed by atoms with Gasteiger partial charge in [0.05, 0.1) is 18.6 Å². The van der Waals surface area contributed by atoms with E-state index in [1.165, 1.54) is 7.11 Å². The minimum absolute atomic E-state index is 0.0197. The molecule has 6 heteroatoms. The Labute approximate surface area is 202 Å². The number of allylic oxidation sites excluding steroid dienone is 1. The summed E-state index contributed by atoms with van der Waals surface area (Å²) in [5, 5.41) is 11.5. The maximum Gasteiger partial charge on any atom is 0.305 e. The van der Waals surface area contributed by atoms with Gasteiger partial charge in [-0.3, -0.25) is 19.2 Å². The highest BCUT2D eigenvalue weighted by Crippen LogP contribution is 2.70. The molecule has 0 radical (unpaired) electrons. The van der Waals surface area contributed by atoms with Gasteiger partial charge < -0.3 is 9.84 Å². The van der Waals surface area contributed by atoms with E-state index in [0.717, 1.165) is 0 Å². The Morgan fingerprint density at radius 3 is 2.38 bits per heavy atom. The summed E-state index contributed by atoms with van der Waals surface area (Å²) in [6.07, 6.45) is 1.94. The summed E-state index contributed by atoms with van der Waals surface area (Å²) in [5.74, 6) is -0.136. The fourth-order valence-electron chi connectivity index (χ4n) is 8.57. The summed E-state index contributed by atoms with van der Waals surface area (Å²) in [7, 11) is 1.37. The van der Waals surface area contributed by atoms with Gasteiger partial charge in [-0.25, -0.2) is 0 Å². The zero-order valence-electron chi connectivity index (χ0n) is 21.7. The Bertz CT molecular complexity index is 991. The molecule has 0 saturated heterocycles. The van der Waals surface area contributed by atoms with Crippen molar-refractivity contribution in [2.24, 2.45) is 39.4 Å². The fraction of sp³-hybridized carbons (Fsp3) is 0.786. The number of carbonyl (C=O) groups excluding carboxylic acids is 4. The van der Waals surface area contributed by atoms with Gasteiger partial charge in [-0.2, -0.15) is 0 Å². The number of rotatable bonds is 4. The third-order valence-electron chi connectivity index (χ3n) is 10.9. The van der Waals surface area contributed by atoms with Crippen molar-refractivity contribution >= 4 is 23.3 Å². The molecule has 0 aromatic heterocycles. The molecule has 188 valence electrons. The Kier molecular flexibility index (Phi) is 5.83. The van der Waals surface area contributed by atoms with Gasteiger partial charge in [0.1, 0.15) is 11.6 Å². The summed E-state index contributed by atoms with van der Waals surface area (Å²) >= 11 is 0. The minimum atomic E-state index is -0.931. The van der Waals surface area contributed by atoms with Crippen molar-refractivity contribution in [3.05, 3.63) is 11.1 Å². The third kappa shape index (κ3) is 3.09. The van der Waals surface area contributed by atoms with Crippen LogP contribution in [0.3, 0.4) is 0 Å². The van der Waals surface area contributed by atoms with Crippen LogP contribution >= 0.6 is 0 Å². The highest BCUT2D eigenvalue weighted by atomic mass is 16.5. The van der Waals surface area contributed by atoms with Crippen LogP contribution in [-0.4, -0.2) is 41.6 Å². The molecule has 1 N–H and O–H groups in total. The molecule has 4 aliphatic carbocycles. The van der Waals surface area contributed by atoms with E-state index in [4.69, 9.17) is 4.74 Å². The van der Waals surface area contributed by atoms with Gasteiger partial charge >= 0.3 is 5.97 Å². The van der Waals surface area contributed by atoms with Crippen LogP contribution in [0.25, 0.3) is 0 Å². The second-order valence-corrected chi connectivity index (χ2v) is 12.6. The number of hydrogen-bond acceptors (Lipinski definition) is 6. The summed E-state index contributed by atoms with van der Waals surface area (Å²) in [5.41, 5.74) is -1.45. The molecular weight excluding hydrogens is 432 g/mol. The normalized spacial score (nSPS) is 42.1. The lowest BCUT2D eigenvalue weighted by Gasteiger charge is -2.60. The number of methoxy groups -OCH3 is 1. The van der Waals surface area contributed by atoms with Crippen molar-refractivity contribution in [3.8, 4) is 0 Å². The zero-order valence-corrected chi connectivity index (χ0v) is 21.7. The van der Waals surface area contributed by atoms with Crippen LogP contribution in [0.4, 0.5) is 0 Å². The van der Waals surface area contributed by atoms with Crippen LogP contribution in [0.2, 0.25) is 0 Å². The van der Waals surface area contributed by atoms with Gasteiger partial charge in [0, 0.05) is 42.1 Å². The highest BCUT2D eigenvalue weighted by molar-refractivity contribution is 6.05. The number of esters is 1. The Balaban J connectivity index is 1.82. The van der Waals surface area contributed by atoms with E-state index < -0.39 is 27.8 Å². The molecule has 34 heavy (non-hydrogen) atoms. The molecule has 7 atom stereocenters. The zero-order chi connectivity index (χ0) is 25.4. The molecule has 0 aliphatic heterocycles. The van der Waals surface area contributed by atoms with Crippen LogP contribution in [0.1, 0.15) is 86.5 Å². The predicted octanol–water partition coefficient (Wildman–Crippen LogP) is 4.22. The van der Waals surface area contributed by atoms with Crippen molar-refractivity contribution in [2.75, 3.05) is 7.11 Å². The molecule has 6 nitrogen and oxygen atoms in total. The molecule has 2 saturated carbocycles. The number of fused-ring (bicyclic) bond motifs is 4. The second kappa shape index (κ2) is 7.84.